The molecule has 4 rings (SSSR count). The smallest absolute Gasteiger partial charge is 0.329 e. The van der Waals surface area contributed by atoms with Gasteiger partial charge < -0.3 is 39.2 Å². The third kappa shape index (κ3) is 14.1. The van der Waals surface area contributed by atoms with Crippen molar-refractivity contribution in [1.82, 2.24) is 4.90 Å². The predicted molar refractivity (Wildman–Crippen MR) is 248 cm³/mol. The Morgan fingerprint density at radius 1 is 0.846 bits per heavy atom. The second-order valence-corrected chi connectivity index (χ2v) is 20.3. The van der Waals surface area contributed by atoms with Gasteiger partial charge in [0.15, 0.2) is 5.78 Å². The van der Waals surface area contributed by atoms with Crippen molar-refractivity contribution >= 4 is 29.2 Å². The fourth-order valence-corrected chi connectivity index (χ4v) is 10.4. The van der Waals surface area contributed by atoms with E-state index < -0.39 is 83.9 Å². The van der Waals surface area contributed by atoms with Crippen molar-refractivity contribution in [3.63, 3.8) is 0 Å². The number of nitrogens with zero attached hydrogens (tertiary/aromatic N) is 1. The molecule has 3 N–H and O–H groups in total. The fraction of sp³-hybridized carbons (Fsp3) is 0.750. The van der Waals surface area contributed by atoms with Crippen LogP contribution in [0.3, 0.4) is 0 Å². The Bertz CT molecular complexity index is 1770. The number of aliphatic hydroxyl groups is 3. The molecule has 13 nitrogen and oxygen atoms in total. The molecule has 2 saturated heterocycles. The van der Waals surface area contributed by atoms with Crippen LogP contribution in [0.1, 0.15) is 133 Å². The van der Waals surface area contributed by atoms with E-state index in [4.69, 9.17) is 18.9 Å². The lowest BCUT2D eigenvalue weighted by Crippen LogP contribution is -2.61. The summed E-state index contributed by atoms with van der Waals surface area (Å²) in [5.41, 5.74) is 1.28. The molecule has 3 aliphatic heterocycles. The maximum Gasteiger partial charge on any atom is 0.329 e. The summed E-state index contributed by atoms with van der Waals surface area (Å²) < 4.78 is 23.9. The number of carbonyl (C=O) groups excluding carboxylic acids is 5. The lowest BCUT2D eigenvalue weighted by atomic mass is 9.70. The minimum atomic E-state index is -2.42. The minimum absolute atomic E-state index is 0.0241. The zero-order valence-corrected chi connectivity index (χ0v) is 41.1. The van der Waals surface area contributed by atoms with E-state index in [1.54, 1.807) is 34.0 Å². The highest BCUT2D eigenvalue weighted by Gasteiger charge is 2.53. The maximum absolute atomic E-state index is 14.4. The van der Waals surface area contributed by atoms with Gasteiger partial charge >= 0.3 is 5.97 Å². The summed E-state index contributed by atoms with van der Waals surface area (Å²) in [6.45, 7) is 17.0. The van der Waals surface area contributed by atoms with Crippen molar-refractivity contribution in [2.75, 3.05) is 20.8 Å². The molecule has 1 saturated carbocycles. The third-order valence-corrected chi connectivity index (χ3v) is 15.0. The molecule has 3 fully saturated rings. The van der Waals surface area contributed by atoms with E-state index in [1.807, 2.05) is 65.0 Å². The number of cyclic esters (lactones) is 1. The van der Waals surface area contributed by atoms with Crippen molar-refractivity contribution in [3.05, 3.63) is 47.6 Å². The Labute approximate surface area is 388 Å². The van der Waals surface area contributed by atoms with Crippen LogP contribution in [-0.4, -0.2) is 119 Å². The van der Waals surface area contributed by atoms with Crippen LogP contribution in [0.25, 0.3) is 0 Å². The van der Waals surface area contributed by atoms with Gasteiger partial charge in [-0.15, -0.1) is 0 Å². The highest BCUT2D eigenvalue weighted by Crippen LogP contribution is 2.40. The van der Waals surface area contributed by atoms with E-state index >= 15 is 0 Å². The number of esters is 1. The van der Waals surface area contributed by atoms with E-state index in [9.17, 15) is 39.3 Å². The number of piperidine rings is 1. The second-order valence-electron chi connectivity index (χ2n) is 20.3. The Morgan fingerprint density at radius 3 is 2.23 bits per heavy atom. The standard InChI is InChI=1S/C52H81NO12/c1-30-17-13-12-14-18-31(2)44(62-10)28-40-21-20-38(9)52(61,65-40)49(58)50(59)53-22-16-15-19-41(53)51(60)64-45(35(6)26-39-25-34(5)42(54)27-32(39)3)29-43(55)33(4)24-37(8)47(57)48(63-11)46(56)36(7)23-30/h12-14,17-18,24,30,32-36,38-42,44-45,47-48,54,57,61H,15-16,19-23,25-29H2,1-11H3/b14-12+,17-13+,31-18+,37-24+/t30-,32+,33-,34+,35-,36-,38-,39?,40+,41+,42-,44+,45+,47-,48+,52-/m1/s1. The van der Waals surface area contributed by atoms with E-state index in [-0.39, 0.29) is 60.5 Å². The van der Waals surface area contributed by atoms with Crippen LogP contribution in [-0.2, 0) is 42.9 Å². The summed E-state index contributed by atoms with van der Waals surface area (Å²) in [5, 5.41) is 34.0. The summed E-state index contributed by atoms with van der Waals surface area (Å²) in [5.74, 6) is -7.43. The number of rotatable bonds is 5. The zero-order valence-electron chi connectivity index (χ0n) is 41.1. The molecule has 13 heteroatoms. The number of amides is 1. The second kappa shape index (κ2) is 24.6. The first kappa shape index (κ1) is 54.3. The van der Waals surface area contributed by atoms with Crippen LogP contribution in [0.2, 0.25) is 0 Å². The summed E-state index contributed by atoms with van der Waals surface area (Å²) >= 11 is 0. The molecule has 1 unspecified atom stereocenters. The largest absolute Gasteiger partial charge is 0.460 e. The van der Waals surface area contributed by atoms with Gasteiger partial charge in [-0.2, -0.15) is 0 Å². The normalized spacial score (nSPS) is 41.6. The van der Waals surface area contributed by atoms with Crippen molar-refractivity contribution < 1.29 is 58.2 Å². The van der Waals surface area contributed by atoms with Crippen LogP contribution in [0.5, 0.6) is 0 Å². The SMILES string of the molecule is CO[C@H]1C[C@@H]2CC[C@@H](C)[C@@](O)(O2)C(=O)C(=O)N2CCCC[C@H]2C(=O)O[C@H]([C@H](C)CC2C[C@H](C)[C@H](O)C[C@@H]2C)CC(=O)[C@H](C)/C=C(\C)[C@@H](O)[C@@H](OC)C(=O)[C@H](C)C[C@H](C)/C=C/C=C/C=C/1C. The number of aliphatic hydroxyl groups excluding tert-OH is 2. The van der Waals surface area contributed by atoms with Gasteiger partial charge in [0.25, 0.3) is 11.7 Å². The average Bonchev–Trinajstić information content (AvgIpc) is 3.27. The monoisotopic (exact) mass is 912 g/mol. The van der Waals surface area contributed by atoms with Gasteiger partial charge in [-0.1, -0.05) is 84.9 Å². The van der Waals surface area contributed by atoms with Gasteiger partial charge in [0.1, 0.15) is 30.1 Å². The molecule has 1 amide bonds. The van der Waals surface area contributed by atoms with Gasteiger partial charge in [-0.3, -0.25) is 19.2 Å². The number of ether oxygens (including phenoxy) is 4. The lowest BCUT2D eigenvalue weighted by molar-refractivity contribution is -0.265. The third-order valence-electron chi connectivity index (χ3n) is 15.0. The van der Waals surface area contributed by atoms with Crippen LogP contribution < -0.4 is 0 Å². The number of allylic oxidation sites excluding steroid dienone is 6. The van der Waals surface area contributed by atoms with Crippen LogP contribution >= 0.6 is 0 Å². The Balaban J connectivity index is 1.71. The maximum atomic E-state index is 14.4. The molecule has 0 spiro atoms. The molecule has 65 heavy (non-hydrogen) atoms. The highest BCUT2D eigenvalue weighted by atomic mass is 16.6. The molecule has 3 heterocycles. The minimum Gasteiger partial charge on any atom is -0.460 e. The summed E-state index contributed by atoms with van der Waals surface area (Å²) in [6, 6.07) is -1.12. The molecule has 0 aromatic carbocycles. The van der Waals surface area contributed by atoms with E-state index in [0.29, 0.717) is 56.9 Å². The van der Waals surface area contributed by atoms with E-state index in [1.165, 1.54) is 12.0 Å². The van der Waals surface area contributed by atoms with Crippen LogP contribution in [0.4, 0.5) is 0 Å². The van der Waals surface area contributed by atoms with Crippen molar-refractivity contribution in [3.8, 4) is 0 Å². The number of methoxy groups -OCH3 is 2. The van der Waals surface area contributed by atoms with Gasteiger partial charge in [0.2, 0.25) is 5.79 Å². The molecule has 2 bridgehead atoms. The molecule has 4 aliphatic rings. The molecule has 0 aromatic rings. The van der Waals surface area contributed by atoms with Crippen LogP contribution in [0.15, 0.2) is 47.6 Å². The molecule has 0 aromatic heterocycles. The summed E-state index contributed by atoms with van der Waals surface area (Å²) in [6.07, 6.45) is 11.5. The van der Waals surface area contributed by atoms with Crippen molar-refractivity contribution in [2.24, 2.45) is 47.3 Å². The van der Waals surface area contributed by atoms with Crippen molar-refractivity contribution in [2.45, 2.75) is 181 Å². The number of ketones is 3. The topological polar surface area (TPSA) is 186 Å². The molecule has 366 valence electrons. The fourth-order valence-electron chi connectivity index (χ4n) is 10.4. The summed E-state index contributed by atoms with van der Waals surface area (Å²) in [7, 11) is 2.97. The number of hydrogen-bond acceptors (Lipinski definition) is 12. The Morgan fingerprint density at radius 2 is 1.55 bits per heavy atom. The number of hydrogen-bond donors (Lipinski definition) is 3. The number of carbonyl (C=O) groups is 5. The molecular weight excluding hydrogens is 831 g/mol. The van der Waals surface area contributed by atoms with Gasteiger partial charge in [-0.05, 0) is 112 Å². The number of fused-ring (bicyclic) bond motifs is 3. The highest BCUT2D eigenvalue weighted by molar-refractivity contribution is 6.39. The first-order valence-electron chi connectivity index (χ1n) is 24.3. The van der Waals surface area contributed by atoms with E-state index in [0.717, 1.165) is 12.0 Å². The number of Topliss-reactive ketones (excluding diaryl/α,β-unsaturated/α-hetero) is 3. The Kier molecular flexibility index (Phi) is 20.6. The first-order chi connectivity index (χ1) is 30.6. The quantitative estimate of drug-likeness (QED) is 0.145. The van der Waals surface area contributed by atoms with Gasteiger partial charge in [0, 0.05) is 51.4 Å². The first-order valence-corrected chi connectivity index (χ1v) is 24.3. The zero-order chi connectivity index (χ0) is 48.3. The molecular formula is C52H81NO12. The lowest BCUT2D eigenvalue weighted by Gasteiger charge is -2.43. The summed E-state index contributed by atoms with van der Waals surface area (Å²) in [4.78, 5) is 71.9. The van der Waals surface area contributed by atoms with Crippen molar-refractivity contribution in [1.29, 1.82) is 0 Å². The molecule has 0 radical (unpaired) electrons. The predicted octanol–water partition coefficient (Wildman–Crippen LogP) is 7.05. The van der Waals surface area contributed by atoms with Gasteiger partial charge in [0.05, 0.1) is 18.3 Å². The molecule has 16 atom stereocenters. The van der Waals surface area contributed by atoms with Gasteiger partial charge in [-0.25, -0.2) is 4.79 Å². The van der Waals surface area contributed by atoms with E-state index in [2.05, 4.69) is 6.92 Å². The Hall–Kier alpha value is -3.33. The molecule has 1 aliphatic carbocycles. The van der Waals surface area contributed by atoms with Crippen LogP contribution in [0, 0.1) is 47.3 Å². The average molecular weight is 912 g/mol.